The molecule has 1 unspecified atom stereocenters. The van der Waals surface area contributed by atoms with E-state index in [0.717, 1.165) is 12.8 Å². The molecule has 0 aliphatic heterocycles. The SMILES string of the molecule is CCCC[C@H](F)C(C)F. The molecule has 0 aliphatic rings. The minimum atomic E-state index is -1.29. The van der Waals surface area contributed by atoms with Gasteiger partial charge in [0.1, 0.15) is 12.3 Å². The van der Waals surface area contributed by atoms with Gasteiger partial charge in [-0.3, -0.25) is 0 Å². The second-order valence-corrected chi connectivity index (χ2v) is 2.34. The van der Waals surface area contributed by atoms with Gasteiger partial charge in [-0.25, -0.2) is 8.78 Å². The highest BCUT2D eigenvalue weighted by Gasteiger charge is 2.12. The third-order valence-electron chi connectivity index (χ3n) is 1.33. The number of unbranched alkanes of at least 4 members (excludes halogenated alkanes) is 1. The fourth-order valence-corrected chi connectivity index (χ4v) is 0.629. The largest absolute Gasteiger partial charge is 0.245 e. The van der Waals surface area contributed by atoms with Crippen LogP contribution in [0.4, 0.5) is 8.78 Å². The van der Waals surface area contributed by atoms with Crippen molar-refractivity contribution in [3.63, 3.8) is 0 Å². The highest BCUT2D eigenvalue weighted by molar-refractivity contribution is 4.61. The lowest BCUT2D eigenvalue weighted by Gasteiger charge is -2.06. The van der Waals surface area contributed by atoms with Crippen molar-refractivity contribution in [2.45, 2.75) is 45.5 Å². The van der Waals surface area contributed by atoms with Gasteiger partial charge in [-0.05, 0) is 13.3 Å². The fraction of sp³-hybridized carbons (Fsp3) is 1.00. The second-order valence-electron chi connectivity index (χ2n) is 2.34. The first-order valence-corrected chi connectivity index (χ1v) is 3.46. The summed E-state index contributed by atoms with van der Waals surface area (Å²) in [5.74, 6) is 0. The Morgan fingerprint density at radius 3 is 2.22 bits per heavy atom. The van der Waals surface area contributed by atoms with Crippen LogP contribution >= 0.6 is 0 Å². The molecule has 0 bridgehead atoms. The number of hydrogen-bond donors (Lipinski definition) is 0. The molecule has 0 rings (SSSR count). The van der Waals surface area contributed by atoms with Crippen LogP contribution in [0.5, 0.6) is 0 Å². The number of alkyl halides is 2. The lowest BCUT2D eigenvalue weighted by Crippen LogP contribution is -2.12. The average molecular weight is 136 g/mol. The lowest BCUT2D eigenvalue weighted by molar-refractivity contribution is 0.170. The van der Waals surface area contributed by atoms with Crippen molar-refractivity contribution in [2.24, 2.45) is 0 Å². The summed E-state index contributed by atoms with van der Waals surface area (Å²) < 4.78 is 24.4. The summed E-state index contributed by atoms with van der Waals surface area (Å²) in [6.07, 6.45) is -0.446. The van der Waals surface area contributed by atoms with Gasteiger partial charge in [0.25, 0.3) is 0 Å². The molecule has 0 N–H and O–H groups in total. The number of hydrogen-bond acceptors (Lipinski definition) is 0. The van der Waals surface area contributed by atoms with Crippen molar-refractivity contribution < 1.29 is 8.78 Å². The van der Waals surface area contributed by atoms with Crippen LogP contribution in [-0.4, -0.2) is 12.3 Å². The van der Waals surface area contributed by atoms with Crippen LogP contribution in [0, 0.1) is 0 Å². The molecule has 0 aromatic rings. The van der Waals surface area contributed by atoms with Crippen LogP contribution in [0.15, 0.2) is 0 Å². The Labute approximate surface area is 55.3 Å². The van der Waals surface area contributed by atoms with Crippen LogP contribution in [0.25, 0.3) is 0 Å². The topological polar surface area (TPSA) is 0 Å². The van der Waals surface area contributed by atoms with Gasteiger partial charge in [-0.2, -0.15) is 0 Å². The first-order chi connectivity index (χ1) is 4.18. The van der Waals surface area contributed by atoms with E-state index in [1.807, 2.05) is 6.92 Å². The molecule has 0 fully saturated rings. The zero-order chi connectivity index (χ0) is 7.28. The van der Waals surface area contributed by atoms with Gasteiger partial charge in [0.2, 0.25) is 0 Å². The highest BCUT2D eigenvalue weighted by atomic mass is 19.2. The minimum Gasteiger partial charge on any atom is -0.245 e. The van der Waals surface area contributed by atoms with E-state index in [-0.39, 0.29) is 0 Å². The first-order valence-electron chi connectivity index (χ1n) is 3.46. The highest BCUT2D eigenvalue weighted by Crippen LogP contribution is 2.10. The summed E-state index contributed by atoms with van der Waals surface area (Å²) in [5, 5.41) is 0. The van der Waals surface area contributed by atoms with Gasteiger partial charge in [0.05, 0.1) is 0 Å². The van der Waals surface area contributed by atoms with E-state index in [9.17, 15) is 8.78 Å². The summed E-state index contributed by atoms with van der Waals surface area (Å²) in [6.45, 7) is 3.23. The quantitative estimate of drug-likeness (QED) is 0.557. The standard InChI is InChI=1S/C7H14F2/c1-3-4-5-7(9)6(2)8/h6-7H,3-5H2,1-2H3/t6?,7-/m0/s1. The van der Waals surface area contributed by atoms with Crippen LogP contribution in [0.3, 0.4) is 0 Å². The van der Waals surface area contributed by atoms with Gasteiger partial charge < -0.3 is 0 Å². The maximum absolute atomic E-state index is 12.3. The monoisotopic (exact) mass is 136 g/mol. The van der Waals surface area contributed by atoms with Crippen molar-refractivity contribution >= 4 is 0 Å². The van der Waals surface area contributed by atoms with E-state index >= 15 is 0 Å². The Morgan fingerprint density at radius 1 is 1.33 bits per heavy atom. The molecule has 56 valence electrons. The van der Waals surface area contributed by atoms with Gasteiger partial charge in [-0.15, -0.1) is 0 Å². The van der Waals surface area contributed by atoms with Crippen molar-refractivity contribution in [3.8, 4) is 0 Å². The van der Waals surface area contributed by atoms with Gasteiger partial charge in [0, 0.05) is 0 Å². The summed E-state index contributed by atoms with van der Waals surface area (Å²) in [5.41, 5.74) is 0. The van der Waals surface area contributed by atoms with E-state index in [1.54, 1.807) is 0 Å². The van der Waals surface area contributed by atoms with E-state index < -0.39 is 12.3 Å². The zero-order valence-electron chi connectivity index (χ0n) is 6.03. The predicted octanol–water partition coefficient (Wildman–Crippen LogP) is 2.87. The molecule has 0 nitrogen and oxygen atoms in total. The van der Waals surface area contributed by atoms with Crippen LogP contribution in [0.2, 0.25) is 0 Å². The molecule has 0 spiro atoms. The normalized spacial score (nSPS) is 17.3. The van der Waals surface area contributed by atoms with Crippen LogP contribution in [0.1, 0.15) is 33.1 Å². The van der Waals surface area contributed by atoms with E-state index in [1.165, 1.54) is 6.92 Å². The molecule has 0 aromatic heterocycles. The molecule has 0 aromatic carbocycles. The van der Waals surface area contributed by atoms with E-state index in [0.29, 0.717) is 6.42 Å². The molecule has 0 saturated heterocycles. The Hall–Kier alpha value is -0.140. The third kappa shape index (κ3) is 4.37. The fourth-order valence-electron chi connectivity index (χ4n) is 0.629. The third-order valence-corrected chi connectivity index (χ3v) is 1.33. The average Bonchev–Trinajstić information content (AvgIpc) is 1.82. The Bertz CT molecular complexity index is 61.9. The molecule has 0 radical (unpaired) electrons. The summed E-state index contributed by atoms with van der Waals surface area (Å²) >= 11 is 0. The Morgan fingerprint density at radius 2 is 1.89 bits per heavy atom. The summed E-state index contributed by atoms with van der Waals surface area (Å²) in [7, 11) is 0. The second kappa shape index (κ2) is 4.71. The van der Waals surface area contributed by atoms with E-state index in [2.05, 4.69) is 0 Å². The zero-order valence-corrected chi connectivity index (χ0v) is 6.03. The van der Waals surface area contributed by atoms with Crippen LogP contribution in [-0.2, 0) is 0 Å². The smallest absolute Gasteiger partial charge is 0.131 e. The maximum atomic E-state index is 12.3. The molecular formula is C7H14F2. The summed E-state index contributed by atoms with van der Waals surface area (Å²) in [4.78, 5) is 0. The van der Waals surface area contributed by atoms with Crippen molar-refractivity contribution in [1.29, 1.82) is 0 Å². The number of halogens is 2. The molecule has 0 aliphatic carbocycles. The Balaban J connectivity index is 3.16. The van der Waals surface area contributed by atoms with Crippen LogP contribution < -0.4 is 0 Å². The molecule has 2 atom stereocenters. The molecule has 0 saturated carbocycles. The summed E-state index contributed by atoms with van der Waals surface area (Å²) in [6, 6.07) is 0. The molecule has 2 heteroatoms. The molecule has 9 heavy (non-hydrogen) atoms. The van der Waals surface area contributed by atoms with E-state index in [4.69, 9.17) is 0 Å². The lowest BCUT2D eigenvalue weighted by atomic mass is 10.1. The first kappa shape index (κ1) is 8.86. The van der Waals surface area contributed by atoms with Gasteiger partial charge >= 0.3 is 0 Å². The van der Waals surface area contributed by atoms with Crippen molar-refractivity contribution in [3.05, 3.63) is 0 Å². The molecular weight excluding hydrogens is 122 g/mol. The maximum Gasteiger partial charge on any atom is 0.131 e. The minimum absolute atomic E-state index is 0.369. The van der Waals surface area contributed by atoms with Gasteiger partial charge in [0.15, 0.2) is 0 Å². The van der Waals surface area contributed by atoms with Crippen molar-refractivity contribution in [2.75, 3.05) is 0 Å². The Kier molecular flexibility index (Phi) is 4.64. The van der Waals surface area contributed by atoms with Gasteiger partial charge in [-0.1, -0.05) is 19.8 Å². The molecule has 0 heterocycles. The van der Waals surface area contributed by atoms with Crippen molar-refractivity contribution in [1.82, 2.24) is 0 Å². The predicted molar refractivity (Wildman–Crippen MR) is 35.0 cm³/mol. The molecule has 0 amide bonds. The number of rotatable bonds is 4.